The number of amides is 6. The molecule has 18 heavy (non-hydrogen) atoms. The second-order valence-electron chi connectivity index (χ2n) is 5.23. The molecule has 2 heterocycles. The van der Waals surface area contributed by atoms with Gasteiger partial charge in [0.2, 0.25) is 11.8 Å². The minimum atomic E-state index is -1.03. The molecule has 0 aromatic rings. The SMILES string of the molecule is C[C@]12NC(=O)NC(=O)[C@H]1[C@@H]1NC(=O)NC(=O)[C@@]12C. The summed E-state index contributed by atoms with van der Waals surface area (Å²) < 4.78 is 0. The van der Waals surface area contributed by atoms with E-state index in [1.807, 2.05) is 0 Å². The average molecular weight is 252 g/mol. The number of fused-ring (bicyclic) bond motifs is 4. The van der Waals surface area contributed by atoms with Crippen LogP contribution in [-0.2, 0) is 9.59 Å². The third kappa shape index (κ3) is 0.925. The molecule has 2 aliphatic heterocycles. The van der Waals surface area contributed by atoms with Crippen LogP contribution in [0, 0.1) is 11.3 Å². The molecule has 0 unspecified atom stereocenters. The average Bonchev–Trinajstić information content (AvgIpc) is 2.23. The highest BCUT2D eigenvalue weighted by Gasteiger charge is 2.77. The highest BCUT2D eigenvalue weighted by molar-refractivity contribution is 6.09. The number of urea groups is 2. The molecule has 8 nitrogen and oxygen atoms in total. The summed E-state index contributed by atoms with van der Waals surface area (Å²) in [6, 6.07) is -1.85. The Bertz CT molecular complexity index is 518. The molecule has 0 aromatic carbocycles. The lowest BCUT2D eigenvalue weighted by atomic mass is 9.44. The molecular weight excluding hydrogens is 240 g/mol. The second-order valence-corrected chi connectivity index (χ2v) is 5.23. The number of carbonyl (C=O) groups excluding carboxylic acids is 4. The van der Waals surface area contributed by atoms with Crippen molar-refractivity contribution in [1.29, 1.82) is 0 Å². The van der Waals surface area contributed by atoms with Crippen molar-refractivity contribution in [2.45, 2.75) is 25.4 Å². The van der Waals surface area contributed by atoms with Crippen molar-refractivity contribution >= 4 is 23.9 Å². The Balaban J connectivity index is 2.07. The number of carbonyl (C=O) groups is 4. The van der Waals surface area contributed by atoms with E-state index in [0.717, 1.165) is 0 Å². The predicted octanol–water partition coefficient (Wildman–Crippen LogP) is -1.57. The van der Waals surface area contributed by atoms with Crippen molar-refractivity contribution in [3.8, 4) is 0 Å². The van der Waals surface area contributed by atoms with Gasteiger partial charge in [0.1, 0.15) is 0 Å². The highest BCUT2D eigenvalue weighted by atomic mass is 16.2. The summed E-state index contributed by atoms with van der Waals surface area (Å²) in [6.07, 6.45) is 0. The first-order valence-electron chi connectivity index (χ1n) is 5.55. The summed E-state index contributed by atoms with van der Waals surface area (Å²) in [6.45, 7) is 3.27. The van der Waals surface area contributed by atoms with Crippen LogP contribution < -0.4 is 21.3 Å². The van der Waals surface area contributed by atoms with E-state index in [-0.39, 0.29) is 0 Å². The van der Waals surface area contributed by atoms with Crippen LogP contribution in [0.5, 0.6) is 0 Å². The third-order valence-electron chi connectivity index (χ3n) is 4.53. The van der Waals surface area contributed by atoms with E-state index in [9.17, 15) is 19.2 Å². The Kier molecular flexibility index (Phi) is 1.72. The maximum absolute atomic E-state index is 12.0. The molecule has 4 atom stereocenters. The molecule has 96 valence electrons. The minimum absolute atomic E-state index is 0.473. The number of hydrogen-bond acceptors (Lipinski definition) is 4. The molecule has 0 radical (unpaired) electrons. The first-order valence-corrected chi connectivity index (χ1v) is 5.55. The van der Waals surface area contributed by atoms with Gasteiger partial charge in [-0.05, 0) is 13.8 Å². The molecule has 3 rings (SSSR count). The van der Waals surface area contributed by atoms with Gasteiger partial charge >= 0.3 is 12.1 Å². The van der Waals surface area contributed by atoms with E-state index >= 15 is 0 Å². The van der Waals surface area contributed by atoms with E-state index in [0.29, 0.717) is 0 Å². The minimum Gasteiger partial charge on any atom is -0.333 e. The lowest BCUT2D eigenvalue weighted by Gasteiger charge is -2.66. The van der Waals surface area contributed by atoms with Gasteiger partial charge in [0, 0.05) is 0 Å². The van der Waals surface area contributed by atoms with Crippen LogP contribution in [0.4, 0.5) is 9.59 Å². The maximum atomic E-state index is 12.0. The zero-order valence-corrected chi connectivity index (χ0v) is 9.79. The second kappa shape index (κ2) is 2.82. The van der Waals surface area contributed by atoms with Crippen LogP contribution in [0.15, 0.2) is 0 Å². The Labute approximate surface area is 102 Å². The molecule has 0 bridgehead atoms. The quantitative estimate of drug-likeness (QED) is 0.416. The van der Waals surface area contributed by atoms with Crippen molar-refractivity contribution < 1.29 is 19.2 Å². The van der Waals surface area contributed by atoms with Crippen molar-refractivity contribution in [3.05, 3.63) is 0 Å². The fourth-order valence-corrected chi connectivity index (χ4v) is 3.31. The normalized spacial score (nSPS) is 45.7. The molecule has 6 amide bonds. The molecule has 4 N–H and O–H groups in total. The third-order valence-corrected chi connectivity index (χ3v) is 4.53. The van der Waals surface area contributed by atoms with Gasteiger partial charge in [-0.2, -0.15) is 0 Å². The van der Waals surface area contributed by atoms with E-state index in [1.54, 1.807) is 13.8 Å². The van der Waals surface area contributed by atoms with Crippen LogP contribution in [0.3, 0.4) is 0 Å². The lowest BCUT2D eigenvalue weighted by Crippen LogP contribution is -2.91. The molecule has 3 aliphatic rings. The largest absolute Gasteiger partial charge is 0.333 e. The van der Waals surface area contributed by atoms with Gasteiger partial charge < -0.3 is 10.6 Å². The summed E-state index contributed by atoms with van der Waals surface area (Å²) in [5, 5.41) is 9.51. The fraction of sp³-hybridized carbons (Fsp3) is 0.600. The summed E-state index contributed by atoms with van der Waals surface area (Å²) in [5.41, 5.74) is -2.02. The highest BCUT2D eigenvalue weighted by Crippen LogP contribution is 2.56. The Morgan fingerprint density at radius 1 is 1.00 bits per heavy atom. The smallest absolute Gasteiger partial charge is 0.321 e. The number of nitrogens with one attached hydrogen (secondary N) is 4. The van der Waals surface area contributed by atoms with Gasteiger partial charge in [-0.15, -0.1) is 0 Å². The topological polar surface area (TPSA) is 116 Å². The van der Waals surface area contributed by atoms with E-state index in [1.165, 1.54) is 0 Å². The zero-order valence-electron chi connectivity index (χ0n) is 9.79. The number of rotatable bonds is 0. The Hall–Kier alpha value is -2.12. The van der Waals surface area contributed by atoms with Gasteiger partial charge in [-0.3, -0.25) is 20.2 Å². The lowest BCUT2D eigenvalue weighted by molar-refractivity contribution is -0.172. The Morgan fingerprint density at radius 3 is 2.33 bits per heavy atom. The van der Waals surface area contributed by atoms with Crippen LogP contribution in [0.1, 0.15) is 13.8 Å². The zero-order chi connectivity index (χ0) is 13.3. The van der Waals surface area contributed by atoms with Crippen molar-refractivity contribution in [1.82, 2.24) is 21.3 Å². The van der Waals surface area contributed by atoms with Gasteiger partial charge in [0.25, 0.3) is 0 Å². The van der Waals surface area contributed by atoms with E-state index in [4.69, 9.17) is 0 Å². The van der Waals surface area contributed by atoms with Gasteiger partial charge in [-0.25, -0.2) is 9.59 Å². The van der Waals surface area contributed by atoms with E-state index < -0.39 is 46.8 Å². The van der Waals surface area contributed by atoms with Crippen LogP contribution in [-0.4, -0.2) is 35.5 Å². The first-order chi connectivity index (χ1) is 8.30. The monoisotopic (exact) mass is 252 g/mol. The molecule has 2 saturated heterocycles. The molecule has 0 spiro atoms. The standard InChI is InChI=1S/C10H12N4O4/c1-9-4(11-7(17)13-6(9)16)3-5(15)12-8(18)14-10(3,9)2/h3-4H,1-2H3,(H2,11,13,16,17)(H2,12,14,15,18)/t3-,4+,9-,10+/m1/s1. The molecule has 1 saturated carbocycles. The molecule has 0 aromatic heterocycles. The molecule has 8 heteroatoms. The summed E-state index contributed by atoms with van der Waals surface area (Å²) in [5.74, 6) is -1.60. The van der Waals surface area contributed by atoms with Crippen molar-refractivity contribution in [3.63, 3.8) is 0 Å². The fourth-order valence-electron chi connectivity index (χ4n) is 3.31. The summed E-state index contributed by atoms with van der Waals surface area (Å²) in [4.78, 5) is 46.5. The van der Waals surface area contributed by atoms with Gasteiger partial charge in [0.05, 0.1) is 22.9 Å². The number of imide groups is 2. The number of hydrogen-bond donors (Lipinski definition) is 4. The van der Waals surface area contributed by atoms with Crippen LogP contribution in [0.25, 0.3) is 0 Å². The summed E-state index contributed by atoms with van der Waals surface area (Å²) in [7, 11) is 0. The van der Waals surface area contributed by atoms with Gasteiger partial charge in [0.15, 0.2) is 0 Å². The Morgan fingerprint density at radius 2 is 1.67 bits per heavy atom. The first kappa shape index (κ1) is 11.0. The van der Waals surface area contributed by atoms with Crippen molar-refractivity contribution in [2.75, 3.05) is 0 Å². The maximum Gasteiger partial charge on any atom is 0.321 e. The van der Waals surface area contributed by atoms with Crippen molar-refractivity contribution in [2.24, 2.45) is 11.3 Å². The summed E-state index contributed by atoms with van der Waals surface area (Å²) >= 11 is 0. The molecular formula is C10H12N4O4. The van der Waals surface area contributed by atoms with Crippen LogP contribution >= 0.6 is 0 Å². The molecule has 3 fully saturated rings. The molecule has 1 aliphatic carbocycles. The van der Waals surface area contributed by atoms with Gasteiger partial charge in [-0.1, -0.05) is 0 Å². The predicted molar refractivity (Wildman–Crippen MR) is 57.1 cm³/mol. The van der Waals surface area contributed by atoms with E-state index in [2.05, 4.69) is 21.3 Å². The van der Waals surface area contributed by atoms with Crippen LogP contribution in [0.2, 0.25) is 0 Å².